The first kappa shape index (κ1) is 11.7. The molecule has 0 amide bonds. The number of benzene rings is 1. The molecule has 1 aliphatic rings. The van der Waals surface area contributed by atoms with Gasteiger partial charge in [0.15, 0.2) is 0 Å². The van der Waals surface area contributed by atoms with Gasteiger partial charge in [-0.05, 0) is 0 Å². The predicted molar refractivity (Wildman–Crippen MR) is 51.4 cm³/mol. The summed E-state index contributed by atoms with van der Waals surface area (Å²) in [5.74, 6) is -1.93. The van der Waals surface area contributed by atoms with Crippen molar-refractivity contribution < 1.29 is 27.3 Å². The summed E-state index contributed by atoms with van der Waals surface area (Å²) < 4.78 is 35.9. The number of rotatable bonds is 1. The van der Waals surface area contributed by atoms with Crippen molar-refractivity contribution in [1.82, 2.24) is 0 Å². The molecule has 6 nitrogen and oxygen atoms in total. The van der Waals surface area contributed by atoms with Crippen molar-refractivity contribution in [3.05, 3.63) is 23.3 Å². The topological polar surface area (TPSA) is 97.7 Å². The molecule has 8 heteroatoms. The Bertz CT molecular complexity index is 618. The van der Waals surface area contributed by atoms with E-state index in [1.807, 2.05) is 0 Å². The molecule has 2 rings (SSSR count). The third-order valence-corrected chi connectivity index (χ3v) is 4.46. The van der Waals surface area contributed by atoms with Gasteiger partial charge in [-0.15, -0.1) is 0 Å². The Morgan fingerprint density at radius 2 is 1.81 bits per heavy atom. The molecule has 16 heavy (non-hydrogen) atoms. The molecule has 78 valence electrons. The second-order valence-corrected chi connectivity index (χ2v) is 5.72. The summed E-state index contributed by atoms with van der Waals surface area (Å²) in [5, 5.41) is 0. The maximum atomic E-state index is 11.3. The third kappa shape index (κ3) is 1.70. The Morgan fingerprint density at radius 1 is 1.19 bits per heavy atom. The van der Waals surface area contributed by atoms with E-state index >= 15 is 0 Å². The summed E-state index contributed by atoms with van der Waals surface area (Å²) >= 11 is 0.311. The molecule has 0 aliphatic carbocycles. The number of esters is 2. The molecular weight excluding hydrogens is 247 g/mol. The van der Waals surface area contributed by atoms with Crippen molar-refractivity contribution in [2.75, 3.05) is 0 Å². The molecule has 0 spiro atoms. The molecule has 0 saturated carbocycles. The van der Waals surface area contributed by atoms with E-state index in [9.17, 15) is 18.0 Å². The molecule has 1 heterocycles. The second kappa shape index (κ2) is 3.64. The van der Waals surface area contributed by atoms with Crippen LogP contribution >= 0.6 is 0 Å². The van der Waals surface area contributed by atoms with Gasteiger partial charge in [-0.3, -0.25) is 0 Å². The van der Waals surface area contributed by atoms with Gasteiger partial charge in [0.05, 0.1) is 0 Å². The molecule has 1 aliphatic heterocycles. The fraction of sp³-hybridized carbons (Fsp3) is 0. The van der Waals surface area contributed by atoms with Crippen molar-refractivity contribution in [3.8, 4) is 0 Å². The van der Waals surface area contributed by atoms with Crippen LogP contribution in [0, 0.1) is 0 Å². The Balaban J connectivity index is 2.91. The average molecular weight is 250 g/mol. The number of cyclic esters (lactones) is 2. The van der Waals surface area contributed by atoms with Crippen LogP contribution in [0.3, 0.4) is 0 Å². The molecule has 0 bridgehead atoms. The van der Waals surface area contributed by atoms with Crippen LogP contribution in [0.15, 0.2) is 17.0 Å². The summed E-state index contributed by atoms with van der Waals surface area (Å²) in [6, 6.07) is 2.70. The number of hydrogen-bond acceptors (Lipinski definition) is 5. The van der Waals surface area contributed by atoms with Crippen LogP contribution < -0.4 is 2.81 Å². The van der Waals surface area contributed by atoms with E-state index in [0.717, 1.165) is 0 Å². The third-order valence-electron chi connectivity index (χ3n) is 2.22. The Kier molecular flexibility index (Phi) is 2.67. The molecule has 1 aromatic carbocycles. The van der Waals surface area contributed by atoms with Gasteiger partial charge in [-0.1, -0.05) is 0 Å². The SMILES string of the molecule is O=C1OC(=O)c2c1cc[c]([Na])c2S(=O)(=O)O. The van der Waals surface area contributed by atoms with Crippen LogP contribution in [0.2, 0.25) is 0 Å². The first-order valence-corrected chi connectivity index (χ1v) is 6.64. The number of carbonyl (C=O) groups is 2. The van der Waals surface area contributed by atoms with Gasteiger partial charge in [0.1, 0.15) is 0 Å². The number of hydrogen-bond donors (Lipinski definition) is 1. The molecular formula is C8H3NaO6S. The zero-order valence-corrected chi connectivity index (χ0v) is 10.9. The first-order chi connectivity index (χ1) is 7.32. The van der Waals surface area contributed by atoms with Crippen molar-refractivity contribution in [1.29, 1.82) is 0 Å². The van der Waals surface area contributed by atoms with Crippen molar-refractivity contribution in [2.24, 2.45) is 0 Å². The molecule has 0 radical (unpaired) electrons. The summed E-state index contributed by atoms with van der Waals surface area (Å²) in [4.78, 5) is 21.9. The van der Waals surface area contributed by atoms with E-state index in [1.54, 1.807) is 0 Å². The quantitative estimate of drug-likeness (QED) is 0.298. The van der Waals surface area contributed by atoms with Crippen LogP contribution in [-0.2, 0) is 14.9 Å². The van der Waals surface area contributed by atoms with Crippen molar-refractivity contribution in [2.45, 2.75) is 4.90 Å². The molecule has 0 unspecified atom stereocenters. The Morgan fingerprint density at radius 3 is 2.38 bits per heavy atom. The maximum absolute atomic E-state index is 11.3. The van der Waals surface area contributed by atoms with E-state index in [0.29, 0.717) is 30.7 Å². The van der Waals surface area contributed by atoms with E-state index in [1.165, 1.54) is 12.1 Å². The van der Waals surface area contributed by atoms with E-state index < -0.39 is 27.0 Å². The second-order valence-electron chi connectivity index (χ2n) is 3.29. The standard InChI is InChI=1S/C8H3O6S.Na/c9-7-4-2-1-3-5(15(11,12)13)6(4)8(10)14-7;/h1-2H,(H,11,12,13);. The summed E-state index contributed by atoms with van der Waals surface area (Å²) in [6.07, 6.45) is 0. The average Bonchev–Trinajstić information content (AvgIpc) is 2.40. The van der Waals surface area contributed by atoms with E-state index in [-0.39, 0.29) is 11.1 Å². The molecule has 1 aromatic rings. The van der Waals surface area contributed by atoms with Crippen LogP contribution in [0.5, 0.6) is 0 Å². The number of carbonyl (C=O) groups excluding carboxylic acids is 2. The van der Waals surface area contributed by atoms with Crippen LogP contribution in [0.25, 0.3) is 0 Å². The molecule has 0 atom stereocenters. The normalized spacial score (nSPS) is 14.9. The zero-order valence-electron chi connectivity index (χ0n) is 8.05. The van der Waals surface area contributed by atoms with Crippen molar-refractivity contribution >= 4 is 52.8 Å². The zero-order chi connectivity index (χ0) is 12.1. The molecule has 0 aromatic heterocycles. The summed E-state index contributed by atoms with van der Waals surface area (Å²) in [5.41, 5.74) is -0.489. The monoisotopic (exact) mass is 250 g/mol. The van der Waals surface area contributed by atoms with E-state index in [2.05, 4.69) is 4.74 Å². The van der Waals surface area contributed by atoms with Gasteiger partial charge < -0.3 is 0 Å². The van der Waals surface area contributed by atoms with Gasteiger partial charge >= 0.3 is 108 Å². The summed E-state index contributed by atoms with van der Waals surface area (Å²) in [7, 11) is -4.53. The molecule has 0 fully saturated rings. The van der Waals surface area contributed by atoms with Crippen LogP contribution in [-0.4, -0.2) is 52.8 Å². The number of ether oxygens (including phenoxy) is 1. The summed E-state index contributed by atoms with van der Waals surface area (Å²) in [6.45, 7) is 0. The predicted octanol–water partition coefficient (Wildman–Crippen LogP) is -0.962. The van der Waals surface area contributed by atoms with Crippen LogP contribution in [0.1, 0.15) is 20.7 Å². The van der Waals surface area contributed by atoms with Gasteiger partial charge in [-0.2, -0.15) is 0 Å². The minimum atomic E-state index is -4.53. The van der Waals surface area contributed by atoms with Gasteiger partial charge in [0.25, 0.3) is 0 Å². The van der Waals surface area contributed by atoms with Gasteiger partial charge in [0.2, 0.25) is 0 Å². The van der Waals surface area contributed by atoms with Crippen LogP contribution in [0.4, 0.5) is 0 Å². The fourth-order valence-electron chi connectivity index (χ4n) is 1.58. The van der Waals surface area contributed by atoms with E-state index in [4.69, 9.17) is 4.55 Å². The number of fused-ring (bicyclic) bond motifs is 1. The molecule has 1 N–H and O–H groups in total. The van der Waals surface area contributed by atoms with Gasteiger partial charge in [0, 0.05) is 0 Å². The first-order valence-electron chi connectivity index (χ1n) is 4.20. The van der Waals surface area contributed by atoms with Gasteiger partial charge in [-0.25, -0.2) is 0 Å². The minimum absolute atomic E-state index is 0.128. The fourth-order valence-corrected chi connectivity index (χ4v) is 3.70. The Hall–Kier alpha value is -0.730. The molecule has 0 saturated heterocycles. The van der Waals surface area contributed by atoms with Crippen molar-refractivity contribution in [3.63, 3.8) is 0 Å². The Labute approximate surface area is 108 Å².